The smallest absolute Gasteiger partial charge is 0 e. The Hall–Kier alpha value is -2.27. The Balaban J connectivity index is 0.000000227. The molecule has 0 N–H and O–H groups in total. The molecule has 0 nitrogen and oxygen atoms in total. The molecule has 4 aromatic carbocycles. The van der Waals surface area contributed by atoms with Crippen molar-refractivity contribution < 1.29 is 16.5 Å². The summed E-state index contributed by atoms with van der Waals surface area (Å²) in [5.74, 6) is 0. The maximum atomic E-state index is 5.25. The molecule has 0 heterocycles. The van der Waals surface area contributed by atoms with E-state index in [0.717, 1.165) is 41.8 Å². The topological polar surface area (TPSA) is 0 Å². The van der Waals surface area contributed by atoms with Gasteiger partial charge in [0, 0.05) is 16.5 Å². The summed E-state index contributed by atoms with van der Waals surface area (Å²) < 4.78 is 0. The van der Waals surface area contributed by atoms with Gasteiger partial charge in [0.05, 0.1) is 0 Å². The van der Waals surface area contributed by atoms with Gasteiger partial charge < -0.3 is 50.5 Å². The Labute approximate surface area is 228 Å². The van der Waals surface area contributed by atoms with E-state index in [0.29, 0.717) is 0 Å². The average Bonchev–Trinajstić information content (AvgIpc) is 2.83. The second-order valence-corrected chi connectivity index (χ2v) is 8.53. The van der Waals surface area contributed by atoms with Crippen LogP contribution in [0.5, 0.6) is 0 Å². The van der Waals surface area contributed by atoms with Gasteiger partial charge in [0.1, 0.15) is 0 Å². The van der Waals surface area contributed by atoms with Crippen molar-refractivity contribution in [3.8, 4) is 0 Å². The molecular formula is C28H20NiS4-4. The van der Waals surface area contributed by atoms with Crippen LogP contribution in [-0.2, 0) is 67.0 Å². The van der Waals surface area contributed by atoms with Crippen LogP contribution >= 0.6 is 0 Å². The van der Waals surface area contributed by atoms with Crippen LogP contribution in [0.25, 0.3) is 24.3 Å². The van der Waals surface area contributed by atoms with Crippen LogP contribution in [0.2, 0.25) is 0 Å². The van der Waals surface area contributed by atoms with Gasteiger partial charge in [0.15, 0.2) is 0 Å². The van der Waals surface area contributed by atoms with Crippen LogP contribution in [0.15, 0.2) is 117 Å². The Kier molecular flexibility index (Phi) is 11.5. The number of hydrogen-bond acceptors (Lipinski definition) is 4. The third kappa shape index (κ3) is 8.54. The van der Waals surface area contributed by atoms with Crippen molar-refractivity contribution in [3.05, 3.63) is 119 Å². The molecule has 4 aromatic rings. The molecule has 0 spiro atoms. The molecule has 0 aliphatic rings. The molecule has 0 fully saturated rings. The maximum Gasteiger partial charge on any atom is 0 e. The van der Waals surface area contributed by atoms with Gasteiger partial charge in [0.25, 0.3) is 0 Å². The Morgan fingerprint density at radius 3 is 1.12 bits per heavy atom. The van der Waals surface area contributed by atoms with Gasteiger partial charge in [-0.15, -0.1) is 0 Å². The third-order valence-electron chi connectivity index (χ3n) is 4.53. The molecule has 0 unspecified atom stereocenters. The quantitative estimate of drug-likeness (QED) is 0.150. The van der Waals surface area contributed by atoms with Gasteiger partial charge in [-0.25, -0.2) is 0 Å². The minimum atomic E-state index is 0. The summed E-state index contributed by atoms with van der Waals surface area (Å²) in [6.07, 6.45) is 8.10. The first kappa shape index (κ1) is 27.0. The minimum Gasteiger partial charge on any atom is -0.781 e. The monoisotopic (exact) mass is 542 g/mol. The Bertz CT molecular complexity index is 1110. The van der Waals surface area contributed by atoms with E-state index in [2.05, 4.69) is 24.3 Å². The van der Waals surface area contributed by atoms with Gasteiger partial charge in [-0.1, -0.05) is 121 Å². The SMILES string of the molecule is [Ni].[S-]c1cccc(C=Cc2ccccc2)c1[S-].[S-]c1cccc(C=Cc2ccccc2)c1[S-]. The molecule has 0 saturated heterocycles. The second kappa shape index (κ2) is 14.1. The van der Waals surface area contributed by atoms with Gasteiger partial charge in [0.2, 0.25) is 0 Å². The van der Waals surface area contributed by atoms with E-state index < -0.39 is 0 Å². The minimum absolute atomic E-state index is 0. The molecule has 5 heteroatoms. The molecule has 0 bridgehead atoms. The second-order valence-electron chi connectivity index (χ2n) is 6.84. The molecular weight excluding hydrogens is 523 g/mol. The molecule has 0 aliphatic carbocycles. The molecule has 33 heavy (non-hydrogen) atoms. The van der Waals surface area contributed by atoms with Crippen molar-refractivity contribution in [2.45, 2.75) is 19.6 Å². The Morgan fingerprint density at radius 1 is 0.394 bits per heavy atom. The van der Waals surface area contributed by atoms with Gasteiger partial charge in [-0.05, 0) is 22.3 Å². The molecule has 0 amide bonds. The van der Waals surface area contributed by atoms with Crippen LogP contribution in [-0.4, -0.2) is 0 Å². The largest absolute Gasteiger partial charge is 0.781 e. The van der Waals surface area contributed by atoms with Crippen molar-refractivity contribution >= 4 is 74.8 Å². The van der Waals surface area contributed by atoms with Crippen LogP contribution in [0.4, 0.5) is 0 Å². The van der Waals surface area contributed by atoms with Crippen LogP contribution < -0.4 is 0 Å². The van der Waals surface area contributed by atoms with Gasteiger partial charge in [-0.2, -0.15) is 19.6 Å². The van der Waals surface area contributed by atoms with Gasteiger partial charge in [-0.3, -0.25) is 0 Å². The van der Waals surface area contributed by atoms with Crippen molar-refractivity contribution in [2.75, 3.05) is 0 Å². The summed E-state index contributed by atoms with van der Waals surface area (Å²) >= 11 is 20.8. The summed E-state index contributed by atoms with van der Waals surface area (Å²) in [6.45, 7) is 0. The fourth-order valence-corrected chi connectivity index (χ4v) is 3.63. The molecule has 0 aromatic heterocycles. The van der Waals surface area contributed by atoms with Crippen LogP contribution in [0.3, 0.4) is 0 Å². The predicted molar refractivity (Wildman–Crippen MR) is 146 cm³/mol. The summed E-state index contributed by atoms with van der Waals surface area (Å²) in [5, 5.41) is 0. The summed E-state index contributed by atoms with van der Waals surface area (Å²) in [5.41, 5.74) is 4.33. The first-order valence-electron chi connectivity index (χ1n) is 9.95. The van der Waals surface area contributed by atoms with Crippen molar-refractivity contribution in [3.63, 3.8) is 0 Å². The zero-order valence-corrected chi connectivity index (χ0v) is 21.7. The normalized spacial score (nSPS) is 10.4. The zero-order chi connectivity index (χ0) is 22.8. The molecule has 0 saturated carbocycles. The summed E-state index contributed by atoms with van der Waals surface area (Å²) in [4.78, 5) is 2.99. The molecule has 0 aliphatic heterocycles. The predicted octanol–water partition coefficient (Wildman–Crippen LogP) is 7.33. The zero-order valence-electron chi connectivity index (χ0n) is 17.5. The van der Waals surface area contributed by atoms with Crippen molar-refractivity contribution in [1.82, 2.24) is 0 Å². The fraction of sp³-hybridized carbons (Fsp3) is 0. The number of benzene rings is 4. The third-order valence-corrected chi connectivity index (χ3v) is 6.38. The van der Waals surface area contributed by atoms with Crippen molar-refractivity contribution in [2.24, 2.45) is 0 Å². The van der Waals surface area contributed by atoms with Crippen molar-refractivity contribution in [1.29, 1.82) is 0 Å². The van der Waals surface area contributed by atoms with E-state index in [-0.39, 0.29) is 16.5 Å². The van der Waals surface area contributed by atoms with E-state index >= 15 is 0 Å². The van der Waals surface area contributed by atoms with E-state index in [9.17, 15) is 0 Å². The van der Waals surface area contributed by atoms with E-state index in [4.69, 9.17) is 50.5 Å². The Morgan fingerprint density at radius 2 is 0.758 bits per heavy atom. The fourth-order valence-electron chi connectivity index (χ4n) is 2.83. The number of hydrogen-bond donors (Lipinski definition) is 0. The van der Waals surface area contributed by atoms with Crippen LogP contribution in [0.1, 0.15) is 22.3 Å². The summed E-state index contributed by atoms with van der Waals surface area (Å²) in [7, 11) is 0. The average molecular weight is 543 g/mol. The molecule has 4 rings (SSSR count). The van der Waals surface area contributed by atoms with E-state index in [1.807, 2.05) is 97.1 Å². The first-order valence-corrected chi connectivity index (χ1v) is 11.6. The maximum absolute atomic E-state index is 5.25. The first-order chi connectivity index (χ1) is 15.5. The van der Waals surface area contributed by atoms with Crippen LogP contribution in [0, 0.1) is 0 Å². The molecule has 0 atom stereocenters. The standard InChI is InChI=1S/2C14H12S2.Ni/c2*15-13-8-4-7-12(14(13)16)10-9-11-5-2-1-3-6-11;/h2*1-10,15-16H;/p-4. The summed E-state index contributed by atoms with van der Waals surface area (Å²) in [6, 6.07) is 31.8. The van der Waals surface area contributed by atoms with E-state index in [1.165, 1.54) is 0 Å². The molecule has 0 radical (unpaired) electrons. The van der Waals surface area contributed by atoms with Gasteiger partial charge >= 0.3 is 0 Å². The molecule has 170 valence electrons. The van der Waals surface area contributed by atoms with E-state index in [1.54, 1.807) is 0 Å². The number of rotatable bonds is 4.